The number of nitrogens with zero attached hydrogens (tertiary/aromatic N) is 3. The first-order chi connectivity index (χ1) is 14.2. The van der Waals surface area contributed by atoms with Crippen molar-refractivity contribution in [1.29, 1.82) is 0 Å². The molecule has 1 N–H and O–H groups in total. The van der Waals surface area contributed by atoms with Gasteiger partial charge in [-0.2, -0.15) is 13.2 Å². The lowest BCUT2D eigenvalue weighted by molar-refractivity contribution is -0.137. The summed E-state index contributed by atoms with van der Waals surface area (Å²) in [5.41, 5.74) is 0.384. The van der Waals surface area contributed by atoms with E-state index < -0.39 is 17.6 Å². The third-order valence-electron chi connectivity index (χ3n) is 4.21. The van der Waals surface area contributed by atoms with Crippen molar-refractivity contribution < 1.29 is 27.5 Å². The molecule has 2 amide bonds. The molecule has 162 valence electrons. The third-order valence-corrected chi connectivity index (χ3v) is 4.21. The van der Waals surface area contributed by atoms with Crippen molar-refractivity contribution in [3.63, 3.8) is 0 Å². The first-order valence-corrected chi connectivity index (χ1v) is 9.20. The average Bonchev–Trinajstić information content (AvgIpc) is 2.72. The van der Waals surface area contributed by atoms with E-state index in [-0.39, 0.29) is 44.3 Å². The van der Waals surface area contributed by atoms with Crippen LogP contribution in [0.5, 0.6) is 0 Å². The van der Waals surface area contributed by atoms with Gasteiger partial charge >= 0.3 is 6.18 Å². The number of ether oxygens (including phenoxy) is 1. The standard InChI is InChI=1S/C20H23F3N4O3/c1-14-11-25-17(13-24-14)19(29)27(8-9-30-2)7-6-18(28)26-12-15-4-3-5-16(10-15)20(21,22)23/h3-5,10-11,13H,6-9,12H2,1-2H3,(H,26,28). The molecule has 0 bridgehead atoms. The lowest BCUT2D eigenvalue weighted by atomic mass is 10.1. The van der Waals surface area contributed by atoms with Crippen molar-refractivity contribution >= 4 is 11.8 Å². The van der Waals surface area contributed by atoms with E-state index in [2.05, 4.69) is 15.3 Å². The second kappa shape index (κ2) is 10.7. The molecule has 0 atom stereocenters. The number of aryl methyl sites for hydroxylation is 1. The number of aromatic nitrogens is 2. The maximum absolute atomic E-state index is 12.8. The highest BCUT2D eigenvalue weighted by molar-refractivity contribution is 5.92. The molecule has 1 heterocycles. The van der Waals surface area contributed by atoms with Crippen LogP contribution in [0.4, 0.5) is 13.2 Å². The predicted molar refractivity (Wildman–Crippen MR) is 102 cm³/mol. The second-order valence-electron chi connectivity index (χ2n) is 6.55. The Morgan fingerprint density at radius 1 is 1.17 bits per heavy atom. The third kappa shape index (κ3) is 7.11. The summed E-state index contributed by atoms with van der Waals surface area (Å²) < 4.78 is 43.3. The summed E-state index contributed by atoms with van der Waals surface area (Å²) in [6, 6.07) is 4.75. The van der Waals surface area contributed by atoms with Crippen LogP contribution in [0.15, 0.2) is 36.7 Å². The molecule has 0 aliphatic heterocycles. The molecule has 0 saturated carbocycles. The molecule has 2 rings (SSSR count). The summed E-state index contributed by atoms with van der Waals surface area (Å²) in [5.74, 6) is -0.775. The Bertz CT molecular complexity index is 857. The highest BCUT2D eigenvalue weighted by Gasteiger charge is 2.30. The fourth-order valence-corrected chi connectivity index (χ4v) is 2.56. The van der Waals surface area contributed by atoms with Crippen molar-refractivity contribution in [1.82, 2.24) is 20.2 Å². The van der Waals surface area contributed by atoms with Gasteiger partial charge in [-0.05, 0) is 24.6 Å². The van der Waals surface area contributed by atoms with Gasteiger partial charge in [0, 0.05) is 39.4 Å². The molecule has 0 radical (unpaired) electrons. The van der Waals surface area contributed by atoms with Gasteiger partial charge in [0.05, 0.1) is 24.1 Å². The Morgan fingerprint density at radius 2 is 1.93 bits per heavy atom. The molecular weight excluding hydrogens is 401 g/mol. The van der Waals surface area contributed by atoms with Crippen LogP contribution < -0.4 is 5.32 Å². The van der Waals surface area contributed by atoms with Crippen LogP contribution >= 0.6 is 0 Å². The van der Waals surface area contributed by atoms with Crippen molar-refractivity contribution in [2.24, 2.45) is 0 Å². The van der Waals surface area contributed by atoms with Gasteiger partial charge in [-0.1, -0.05) is 12.1 Å². The normalized spacial score (nSPS) is 11.2. The van der Waals surface area contributed by atoms with E-state index in [0.717, 1.165) is 12.1 Å². The maximum Gasteiger partial charge on any atom is 0.416 e. The summed E-state index contributed by atoms with van der Waals surface area (Å²) in [7, 11) is 1.50. The summed E-state index contributed by atoms with van der Waals surface area (Å²) in [6.45, 7) is 2.34. The summed E-state index contributed by atoms with van der Waals surface area (Å²) in [5, 5.41) is 2.57. The molecule has 10 heteroatoms. The molecule has 1 aromatic heterocycles. The number of methoxy groups -OCH3 is 1. The number of amides is 2. The highest BCUT2D eigenvalue weighted by atomic mass is 19.4. The molecule has 0 unspecified atom stereocenters. The molecule has 0 fully saturated rings. The van der Waals surface area contributed by atoms with Crippen LogP contribution in [0, 0.1) is 6.92 Å². The Morgan fingerprint density at radius 3 is 2.57 bits per heavy atom. The largest absolute Gasteiger partial charge is 0.416 e. The zero-order valence-electron chi connectivity index (χ0n) is 16.7. The number of hydrogen-bond acceptors (Lipinski definition) is 5. The minimum atomic E-state index is -4.44. The van der Waals surface area contributed by atoms with Crippen LogP contribution in [-0.4, -0.2) is 53.5 Å². The first-order valence-electron chi connectivity index (χ1n) is 9.20. The van der Waals surface area contributed by atoms with Gasteiger partial charge in [0.25, 0.3) is 5.91 Å². The highest BCUT2D eigenvalue weighted by Crippen LogP contribution is 2.29. The number of alkyl halides is 3. The van der Waals surface area contributed by atoms with Crippen molar-refractivity contribution in [3.05, 3.63) is 59.2 Å². The fraction of sp³-hybridized carbons (Fsp3) is 0.400. The van der Waals surface area contributed by atoms with Gasteiger partial charge < -0.3 is 15.0 Å². The number of halogens is 3. The zero-order valence-corrected chi connectivity index (χ0v) is 16.7. The predicted octanol–water partition coefficient (Wildman–Crippen LogP) is 2.60. The monoisotopic (exact) mass is 424 g/mol. The van der Waals surface area contributed by atoms with Gasteiger partial charge in [-0.15, -0.1) is 0 Å². The van der Waals surface area contributed by atoms with E-state index >= 15 is 0 Å². The van der Waals surface area contributed by atoms with Crippen molar-refractivity contribution in [2.75, 3.05) is 26.8 Å². The average molecular weight is 424 g/mol. The quantitative estimate of drug-likeness (QED) is 0.669. The Labute approximate surface area is 172 Å². The minimum Gasteiger partial charge on any atom is -0.383 e. The molecule has 1 aromatic carbocycles. The molecule has 2 aromatic rings. The maximum atomic E-state index is 12.8. The molecule has 0 aliphatic rings. The summed E-state index contributed by atoms with van der Waals surface area (Å²) >= 11 is 0. The van der Waals surface area contributed by atoms with Gasteiger partial charge in [0.15, 0.2) is 0 Å². The molecule has 7 nitrogen and oxygen atoms in total. The van der Waals surface area contributed by atoms with Crippen molar-refractivity contribution in [2.45, 2.75) is 26.1 Å². The van der Waals surface area contributed by atoms with Gasteiger partial charge in [-0.25, -0.2) is 4.98 Å². The van der Waals surface area contributed by atoms with E-state index in [1.165, 1.54) is 36.5 Å². The van der Waals surface area contributed by atoms with Gasteiger partial charge in [0.2, 0.25) is 5.91 Å². The second-order valence-corrected chi connectivity index (χ2v) is 6.55. The van der Waals surface area contributed by atoms with Crippen LogP contribution in [0.1, 0.15) is 33.7 Å². The number of benzene rings is 1. The molecule has 30 heavy (non-hydrogen) atoms. The fourth-order valence-electron chi connectivity index (χ4n) is 2.56. The van der Waals surface area contributed by atoms with Crippen LogP contribution in [0.3, 0.4) is 0 Å². The number of nitrogens with one attached hydrogen (secondary N) is 1. The lowest BCUT2D eigenvalue weighted by Gasteiger charge is -2.21. The number of hydrogen-bond donors (Lipinski definition) is 1. The van der Waals surface area contributed by atoms with Gasteiger partial charge in [0.1, 0.15) is 5.69 Å². The van der Waals surface area contributed by atoms with E-state index in [4.69, 9.17) is 4.74 Å². The van der Waals surface area contributed by atoms with Crippen LogP contribution in [-0.2, 0) is 22.3 Å². The van der Waals surface area contributed by atoms with Crippen LogP contribution in [0.2, 0.25) is 0 Å². The Kier molecular flexibility index (Phi) is 8.28. The minimum absolute atomic E-state index is 0.0201. The smallest absolute Gasteiger partial charge is 0.383 e. The SMILES string of the molecule is COCCN(CCC(=O)NCc1cccc(C(F)(F)F)c1)C(=O)c1cnc(C)cn1. The van der Waals surface area contributed by atoms with Crippen molar-refractivity contribution in [3.8, 4) is 0 Å². The number of carbonyl (C=O) groups is 2. The zero-order chi connectivity index (χ0) is 22.1. The van der Waals surface area contributed by atoms with Gasteiger partial charge in [-0.3, -0.25) is 14.6 Å². The van der Waals surface area contributed by atoms with E-state index in [9.17, 15) is 22.8 Å². The van der Waals surface area contributed by atoms with E-state index in [1.54, 1.807) is 6.92 Å². The number of rotatable bonds is 9. The topological polar surface area (TPSA) is 84.4 Å². The van der Waals surface area contributed by atoms with E-state index in [0.29, 0.717) is 11.3 Å². The first kappa shape index (κ1) is 23.3. The Hall–Kier alpha value is -3.01. The van der Waals surface area contributed by atoms with Crippen LogP contribution in [0.25, 0.3) is 0 Å². The number of carbonyl (C=O) groups excluding carboxylic acids is 2. The molecule has 0 aliphatic carbocycles. The summed E-state index contributed by atoms with van der Waals surface area (Å²) in [6.07, 6.45) is -1.62. The molecule has 0 saturated heterocycles. The molecule has 0 spiro atoms. The molecular formula is C20H23F3N4O3. The van der Waals surface area contributed by atoms with E-state index in [1.807, 2.05) is 0 Å². The lowest BCUT2D eigenvalue weighted by Crippen LogP contribution is -2.37. The Balaban J connectivity index is 1.92. The summed E-state index contributed by atoms with van der Waals surface area (Å²) in [4.78, 5) is 34.3.